The molecule has 0 saturated carbocycles. The highest BCUT2D eigenvalue weighted by atomic mass is 16.4. The number of furan rings is 2. The van der Waals surface area contributed by atoms with Crippen LogP contribution in [0, 0.1) is 0 Å². The first-order valence-corrected chi connectivity index (χ1v) is 16.2. The molecule has 8 aromatic rings. The molecular formula is C42H28N4O2. The minimum Gasteiger partial charge on any atom is -0.456 e. The fraction of sp³-hybridized carbons (Fsp3) is 0.0476. The lowest BCUT2D eigenvalue weighted by molar-refractivity contribution is 0.627. The zero-order valence-corrected chi connectivity index (χ0v) is 25.8. The van der Waals surface area contributed by atoms with Crippen LogP contribution in [0.15, 0.2) is 152 Å². The summed E-state index contributed by atoms with van der Waals surface area (Å²) in [4.78, 5) is 10.4. The average molecular weight is 621 g/mol. The molecule has 1 atom stereocenters. The molecule has 0 bridgehead atoms. The second kappa shape index (κ2) is 10.6. The van der Waals surface area contributed by atoms with E-state index in [4.69, 9.17) is 18.8 Å². The summed E-state index contributed by atoms with van der Waals surface area (Å²) >= 11 is 0. The van der Waals surface area contributed by atoms with Crippen LogP contribution >= 0.6 is 0 Å². The summed E-state index contributed by atoms with van der Waals surface area (Å²) in [6.45, 7) is 0.709. The lowest BCUT2D eigenvalue weighted by atomic mass is 9.95. The molecule has 2 N–H and O–H groups in total. The van der Waals surface area contributed by atoms with E-state index in [2.05, 4.69) is 114 Å². The van der Waals surface area contributed by atoms with Gasteiger partial charge in [-0.2, -0.15) is 0 Å². The molecule has 2 aliphatic heterocycles. The molecule has 6 aromatic carbocycles. The van der Waals surface area contributed by atoms with Crippen LogP contribution in [0.25, 0.3) is 60.9 Å². The number of amidine groups is 2. The molecule has 0 aliphatic carbocycles. The van der Waals surface area contributed by atoms with Gasteiger partial charge in [0, 0.05) is 50.5 Å². The van der Waals surface area contributed by atoms with Gasteiger partial charge in [-0.15, -0.1) is 0 Å². The molecule has 6 heteroatoms. The Labute approximate surface area is 275 Å². The van der Waals surface area contributed by atoms with Crippen molar-refractivity contribution in [1.29, 1.82) is 0 Å². The fourth-order valence-corrected chi connectivity index (χ4v) is 7.07. The normalized spacial score (nSPS) is 15.7. The zero-order chi connectivity index (χ0) is 31.6. The van der Waals surface area contributed by atoms with Crippen LogP contribution in [-0.4, -0.2) is 18.2 Å². The van der Waals surface area contributed by atoms with Crippen molar-refractivity contribution in [3.05, 3.63) is 156 Å². The van der Waals surface area contributed by atoms with Crippen molar-refractivity contribution in [2.24, 2.45) is 9.98 Å². The minimum atomic E-state index is -0.441. The molecule has 228 valence electrons. The van der Waals surface area contributed by atoms with E-state index in [-0.39, 0.29) is 0 Å². The van der Waals surface area contributed by atoms with Crippen LogP contribution in [-0.2, 0) is 0 Å². The van der Waals surface area contributed by atoms with E-state index in [1.807, 2.05) is 36.4 Å². The summed E-state index contributed by atoms with van der Waals surface area (Å²) in [6.07, 6.45) is 3.83. The number of hydrogen-bond donors (Lipinski definition) is 2. The van der Waals surface area contributed by atoms with Gasteiger partial charge in [0.05, 0.1) is 0 Å². The lowest BCUT2D eigenvalue weighted by Gasteiger charge is -2.24. The summed E-state index contributed by atoms with van der Waals surface area (Å²) in [7, 11) is 0. The highest BCUT2D eigenvalue weighted by Crippen LogP contribution is 2.42. The number of nitrogens with zero attached hydrogens (tertiary/aromatic N) is 2. The van der Waals surface area contributed by atoms with Crippen molar-refractivity contribution in [2.75, 3.05) is 11.9 Å². The summed E-state index contributed by atoms with van der Waals surface area (Å²) in [6, 6.07) is 43.9. The van der Waals surface area contributed by atoms with Gasteiger partial charge in [0.15, 0.2) is 12.0 Å². The monoisotopic (exact) mass is 620 g/mol. The highest BCUT2D eigenvalue weighted by Gasteiger charge is 2.28. The quantitative estimate of drug-likeness (QED) is 0.205. The van der Waals surface area contributed by atoms with Gasteiger partial charge in [-0.3, -0.25) is 0 Å². The summed E-state index contributed by atoms with van der Waals surface area (Å²) in [5.74, 6) is 2.14. The van der Waals surface area contributed by atoms with E-state index in [1.54, 1.807) is 0 Å². The van der Waals surface area contributed by atoms with Gasteiger partial charge in [-0.1, -0.05) is 115 Å². The van der Waals surface area contributed by atoms with Crippen LogP contribution < -0.4 is 10.6 Å². The SMILES string of the molecule is C1=Cc2c(oc3c(-c4ccc5ccccc5c4)ccc(C4=NC(c5ccccc5)=NC(c5cccc6c5oc5ccccc56)N4)c23)NC1. The second-order valence-electron chi connectivity index (χ2n) is 12.2. The summed E-state index contributed by atoms with van der Waals surface area (Å²) < 4.78 is 13.1. The molecular weight excluding hydrogens is 592 g/mol. The summed E-state index contributed by atoms with van der Waals surface area (Å²) in [5.41, 5.74) is 8.46. The van der Waals surface area contributed by atoms with Crippen molar-refractivity contribution >= 4 is 67.3 Å². The van der Waals surface area contributed by atoms with E-state index in [0.717, 1.165) is 78.0 Å². The van der Waals surface area contributed by atoms with Crippen LogP contribution in [0.4, 0.5) is 5.88 Å². The summed E-state index contributed by atoms with van der Waals surface area (Å²) in [5, 5.41) is 12.7. The largest absolute Gasteiger partial charge is 0.456 e. The van der Waals surface area contributed by atoms with Crippen molar-refractivity contribution in [3.63, 3.8) is 0 Å². The van der Waals surface area contributed by atoms with E-state index >= 15 is 0 Å². The maximum absolute atomic E-state index is 6.64. The molecule has 0 radical (unpaired) electrons. The predicted octanol–water partition coefficient (Wildman–Crippen LogP) is 10.1. The Morgan fingerprint density at radius 3 is 2.40 bits per heavy atom. The Morgan fingerprint density at radius 1 is 0.646 bits per heavy atom. The number of rotatable bonds is 4. The molecule has 6 nitrogen and oxygen atoms in total. The molecule has 1 unspecified atom stereocenters. The van der Waals surface area contributed by atoms with Gasteiger partial charge in [-0.05, 0) is 40.6 Å². The molecule has 10 rings (SSSR count). The smallest absolute Gasteiger partial charge is 0.201 e. The topological polar surface area (TPSA) is 75.1 Å². The van der Waals surface area contributed by atoms with E-state index in [0.29, 0.717) is 12.4 Å². The van der Waals surface area contributed by atoms with E-state index < -0.39 is 6.17 Å². The zero-order valence-electron chi connectivity index (χ0n) is 25.8. The second-order valence-corrected chi connectivity index (χ2v) is 12.2. The standard InChI is InChI=1S/C42H28N4O2/c1-2-11-26(12-3-1)39-44-40(46-41(45-39)34-16-8-15-31-30-14-6-7-18-35(30)47-37(31)34)32-22-21-29(28-20-19-25-10-4-5-13-27(25)24-28)38-36(32)33-17-9-23-43-42(33)48-38/h1-22,24,41,43H,23H2,(H,44,45,46). The van der Waals surface area contributed by atoms with Crippen LogP contribution in [0.3, 0.4) is 0 Å². The van der Waals surface area contributed by atoms with Crippen molar-refractivity contribution in [1.82, 2.24) is 5.32 Å². The Bertz CT molecular complexity index is 2660. The molecule has 48 heavy (non-hydrogen) atoms. The molecule has 4 heterocycles. The first kappa shape index (κ1) is 26.8. The first-order chi connectivity index (χ1) is 23.8. The number of nitrogens with one attached hydrogen (secondary N) is 2. The molecule has 0 saturated heterocycles. The molecule has 0 fully saturated rings. The predicted molar refractivity (Wildman–Crippen MR) is 196 cm³/mol. The number of fused-ring (bicyclic) bond motifs is 7. The van der Waals surface area contributed by atoms with Crippen molar-refractivity contribution in [2.45, 2.75) is 6.17 Å². The highest BCUT2D eigenvalue weighted by molar-refractivity contribution is 6.20. The molecule has 2 aromatic heterocycles. The van der Waals surface area contributed by atoms with Crippen LogP contribution in [0.2, 0.25) is 0 Å². The Kier molecular flexibility index (Phi) is 5.90. The van der Waals surface area contributed by atoms with E-state index in [1.165, 1.54) is 10.8 Å². The van der Waals surface area contributed by atoms with E-state index in [9.17, 15) is 0 Å². The molecule has 0 amide bonds. The lowest BCUT2D eigenvalue weighted by Crippen LogP contribution is -2.33. The van der Waals surface area contributed by atoms with Gasteiger partial charge in [-0.25, -0.2) is 9.98 Å². The van der Waals surface area contributed by atoms with Crippen molar-refractivity contribution in [3.8, 4) is 11.1 Å². The van der Waals surface area contributed by atoms with Gasteiger partial charge in [0.2, 0.25) is 5.88 Å². The number of hydrogen-bond acceptors (Lipinski definition) is 6. The van der Waals surface area contributed by atoms with Gasteiger partial charge >= 0.3 is 0 Å². The number of benzene rings is 6. The third-order valence-electron chi connectivity index (χ3n) is 9.36. The third-order valence-corrected chi connectivity index (χ3v) is 9.36. The number of aliphatic imine (C=N–C) groups is 2. The Morgan fingerprint density at radius 2 is 1.46 bits per heavy atom. The Hall–Kier alpha value is -6.40. The van der Waals surface area contributed by atoms with Gasteiger partial charge in [0.1, 0.15) is 22.6 Å². The van der Waals surface area contributed by atoms with Crippen LogP contribution in [0.1, 0.15) is 28.4 Å². The van der Waals surface area contributed by atoms with Gasteiger partial charge < -0.3 is 19.5 Å². The first-order valence-electron chi connectivity index (χ1n) is 16.2. The molecule has 0 spiro atoms. The van der Waals surface area contributed by atoms with Crippen LogP contribution in [0.5, 0.6) is 0 Å². The fourth-order valence-electron chi connectivity index (χ4n) is 7.07. The maximum Gasteiger partial charge on any atom is 0.201 e. The maximum atomic E-state index is 6.64. The molecule has 2 aliphatic rings. The average Bonchev–Trinajstić information content (AvgIpc) is 3.74. The third kappa shape index (κ3) is 4.19. The number of anilines is 1. The van der Waals surface area contributed by atoms with Gasteiger partial charge in [0.25, 0.3) is 0 Å². The Balaban J connectivity index is 1.18. The van der Waals surface area contributed by atoms with Crippen molar-refractivity contribution < 1.29 is 8.83 Å². The number of para-hydroxylation sites is 2. The minimum absolute atomic E-state index is 0.441.